The van der Waals surface area contributed by atoms with E-state index < -0.39 is 0 Å². The van der Waals surface area contributed by atoms with E-state index in [0.29, 0.717) is 19.8 Å². The van der Waals surface area contributed by atoms with Crippen LogP contribution in [-0.2, 0) is 9.53 Å². The number of carbonyl (C=O) groups excluding carboxylic acids is 1. The zero-order valence-electron chi connectivity index (χ0n) is 11.5. The molecule has 0 aliphatic carbocycles. The Morgan fingerprint density at radius 2 is 2.20 bits per heavy atom. The Morgan fingerprint density at radius 1 is 1.45 bits per heavy atom. The van der Waals surface area contributed by atoms with Gasteiger partial charge in [-0.3, -0.25) is 9.69 Å². The molecule has 1 aromatic rings. The number of rotatable bonds is 5. The summed E-state index contributed by atoms with van der Waals surface area (Å²) in [5.41, 5.74) is 3.34. The lowest BCUT2D eigenvalue weighted by Crippen LogP contribution is -2.42. The molecule has 1 heterocycles. The third-order valence-electron chi connectivity index (χ3n) is 3.00. The van der Waals surface area contributed by atoms with Crippen molar-refractivity contribution in [3.8, 4) is 5.75 Å². The average Bonchev–Trinajstić information content (AvgIpc) is 2.49. The topological polar surface area (TPSA) is 63.2 Å². The van der Waals surface area contributed by atoms with E-state index in [1.54, 1.807) is 13.3 Å². The van der Waals surface area contributed by atoms with Crippen LogP contribution in [0.2, 0.25) is 0 Å². The fourth-order valence-corrected chi connectivity index (χ4v) is 1.94. The molecule has 1 aromatic carbocycles. The van der Waals surface area contributed by atoms with Gasteiger partial charge in [0.25, 0.3) is 5.91 Å². The Kier molecular flexibility index (Phi) is 5.52. The molecular formula is C14H19N3O3. The number of nitrogens with zero attached hydrogens (tertiary/aromatic N) is 2. The molecule has 1 aliphatic heterocycles. The Morgan fingerprint density at radius 3 is 2.95 bits per heavy atom. The lowest BCUT2D eigenvalue weighted by Gasteiger charge is -2.25. The SMILES string of the molecule is COc1ccccc1/C=N/NC(=O)CN1CCOCC1. The van der Waals surface area contributed by atoms with E-state index in [-0.39, 0.29) is 5.91 Å². The number of carbonyl (C=O) groups is 1. The van der Waals surface area contributed by atoms with E-state index in [0.717, 1.165) is 24.4 Å². The fraction of sp³-hybridized carbons (Fsp3) is 0.429. The summed E-state index contributed by atoms with van der Waals surface area (Å²) in [6.45, 7) is 3.26. The number of morpholine rings is 1. The molecule has 0 atom stereocenters. The van der Waals surface area contributed by atoms with Crippen LogP contribution in [0, 0.1) is 0 Å². The maximum atomic E-state index is 11.7. The number of hydrogen-bond donors (Lipinski definition) is 1. The molecule has 108 valence electrons. The Balaban J connectivity index is 1.81. The predicted molar refractivity (Wildman–Crippen MR) is 76.0 cm³/mol. The molecule has 6 heteroatoms. The van der Waals surface area contributed by atoms with E-state index in [1.165, 1.54) is 0 Å². The summed E-state index contributed by atoms with van der Waals surface area (Å²) in [5.74, 6) is 0.594. The van der Waals surface area contributed by atoms with Crippen molar-refractivity contribution in [2.24, 2.45) is 5.10 Å². The lowest BCUT2D eigenvalue weighted by molar-refractivity contribution is -0.123. The number of ether oxygens (including phenoxy) is 2. The standard InChI is InChI=1S/C14H19N3O3/c1-19-13-5-3-2-4-12(13)10-15-16-14(18)11-17-6-8-20-9-7-17/h2-5,10H,6-9,11H2,1H3,(H,16,18)/b15-10+. The molecule has 1 aliphatic rings. The smallest absolute Gasteiger partial charge is 0.254 e. The third-order valence-corrected chi connectivity index (χ3v) is 3.00. The third kappa shape index (κ3) is 4.32. The second kappa shape index (κ2) is 7.62. The Bertz CT molecular complexity index is 470. The molecule has 0 bridgehead atoms. The van der Waals surface area contributed by atoms with Gasteiger partial charge in [0.15, 0.2) is 0 Å². The first-order chi connectivity index (χ1) is 9.79. The average molecular weight is 277 g/mol. The first-order valence-electron chi connectivity index (χ1n) is 6.54. The second-order valence-corrected chi connectivity index (χ2v) is 4.42. The second-order valence-electron chi connectivity index (χ2n) is 4.42. The molecule has 0 spiro atoms. The fourth-order valence-electron chi connectivity index (χ4n) is 1.94. The van der Waals surface area contributed by atoms with Crippen LogP contribution >= 0.6 is 0 Å². The van der Waals surface area contributed by atoms with Crippen LogP contribution in [0.4, 0.5) is 0 Å². The monoisotopic (exact) mass is 277 g/mol. The molecular weight excluding hydrogens is 258 g/mol. The molecule has 1 saturated heterocycles. The van der Waals surface area contributed by atoms with Gasteiger partial charge in [-0.15, -0.1) is 0 Å². The number of para-hydroxylation sites is 1. The summed E-state index contributed by atoms with van der Waals surface area (Å²) >= 11 is 0. The van der Waals surface area contributed by atoms with Gasteiger partial charge in [-0.25, -0.2) is 5.43 Å². The normalized spacial score (nSPS) is 16.2. The van der Waals surface area contributed by atoms with Crippen LogP contribution in [0.3, 0.4) is 0 Å². The van der Waals surface area contributed by atoms with Crippen molar-refractivity contribution in [2.45, 2.75) is 0 Å². The zero-order valence-corrected chi connectivity index (χ0v) is 11.5. The number of nitrogens with one attached hydrogen (secondary N) is 1. The van der Waals surface area contributed by atoms with Gasteiger partial charge in [0.1, 0.15) is 5.75 Å². The minimum atomic E-state index is -0.127. The van der Waals surface area contributed by atoms with Crippen molar-refractivity contribution in [1.29, 1.82) is 0 Å². The minimum Gasteiger partial charge on any atom is -0.496 e. The molecule has 0 aromatic heterocycles. The summed E-state index contributed by atoms with van der Waals surface area (Å²) < 4.78 is 10.4. The molecule has 2 rings (SSSR count). The molecule has 0 saturated carbocycles. The number of hydrogen-bond acceptors (Lipinski definition) is 5. The molecule has 20 heavy (non-hydrogen) atoms. The zero-order chi connectivity index (χ0) is 14.2. The highest BCUT2D eigenvalue weighted by Gasteiger charge is 2.13. The van der Waals surface area contributed by atoms with Gasteiger partial charge in [0, 0.05) is 18.7 Å². The van der Waals surface area contributed by atoms with E-state index in [9.17, 15) is 4.79 Å². The van der Waals surface area contributed by atoms with Crippen molar-refractivity contribution in [3.63, 3.8) is 0 Å². The highest BCUT2D eigenvalue weighted by molar-refractivity contribution is 5.85. The number of methoxy groups -OCH3 is 1. The van der Waals surface area contributed by atoms with Crippen molar-refractivity contribution < 1.29 is 14.3 Å². The summed E-state index contributed by atoms with van der Waals surface area (Å²) in [5, 5.41) is 3.95. The van der Waals surface area contributed by atoms with Gasteiger partial charge in [0.05, 0.1) is 33.1 Å². The van der Waals surface area contributed by atoms with E-state index >= 15 is 0 Å². The van der Waals surface area contributed by atoms with Gasteiger partial charge in [-0.2, -0.15) is 5.10 Å². The van der Waals surface area contributed by atoms with E-state index in [4.69, 9.17) is 9.47 Å². The van der Waals surface area contributed by atoms with Gasteiger partial charge in [0.2, 0.25) is 0 Å². The molecule has 6 nitrogen and oxygen atoms in total. The predicted octanol–water partition coefficient (Wildman–Crippen LogP) is 0.477. The van der Waals surface area contributed by atoms with Crippen molar-refractivity contribution in [3.05, 3.63) is 29.8 Å². The molecule has 0 radical (unpaired) electrons. The molecule has 1 fully saturated rings. The van der Waals surface area contributed by atoms with Crippen LogP contribution in [0.5, 0.6) is 5.75 Å². The molecule has 1 amide bonds. The maximum absolute atomic E-state index is 11.7. The van der Waals surface area contributed by atoms with Crippen LogP contribution in [-0.4, -0.2) is 57.0 Å². The Hall–Kier alpha value is -1.92. The van der Waals surface area contributed by atoms with Crippen LogP contribution in [0.15, 0.2) is 29.4 Å². The van der Waals surface area contributed by atoms with Crippen molar-refractivity contribution in [2.75, 3.05) is 40.0 Å². The number of amides is 1. The van der Waals surface area contributed by atoms with E-state index in [2.05, 4.69) is 10.5 Å². The van der Waals surface area contributed by atoms with Crippen molar-refractivity contribution in [1.82, 2.24) is 10.3 Å². The summed E-state index contributed by atoms with van der Waals surface area (Å²) in [7, 11) is 1.60. The summed E-state index contributed by atoms with van der Waals surface area (Å²) in [6, 6.07) is 7.49. The maximum Gasteiger partial charge on any atom is 0.254 e. The first kappa shape index (κ1) is 14.5. The Labute approximate surface area is 118 Å². The van der Waals surface area contributed by atoms with Crippen LogP contribution < -0.4 is 10.2 Å². The van der Waals surface area contributed by atoms with Crippen LogP contribution in [0.25, 0.3) is 0 Å². The van der Waals surface area contributed by atoms with Crippen LogP contribution in [0.1, 0.15) is 5.56 Å². The number of benzene rings is 1. The van der Waals surface area contributed by atoms with Gasteiger partial charge in [-0.05, 0) is 12.1 Å². The number of hydrazone groups is 1. The lowest BCUT2D eigenvalue weighted by atomic mass is 10.2. The summed E-state index contributed by atoms with van der Waals surface area (Å²) in [6.07, 6.45) is 1.58. The van der Waals surface area contributed by atoms with Gasteiger partial charge in [-0.1, -0.05) is 12.1 Å². The summed E-state index contributed by atoms with van der Waals surface area (Å²) in [4.78, 5) is 13.8. The van der Waals surface area contributed by atoms with Gasteiger partial charge < -0.3 is 9.47 Å². The first-order valence-corrected chi connectivity index (χ1v) is 6.54. The highest BCUT2D eigenvalue weighted by Crippen LogP contribution is 2.14. The molecule has 0 unspecified atom stereocenters. The van der Waals surface area contributed by atoms with Gasteiger partial charge >= 0.3 is 0 Å². The largest absolute Gasteiger partial charge is 0.496 e. The van der Waals surface area contributed by atoms with Crippen molar-refractivity contribution >= 4 is 12.1 Å². The van der Waals surface area contributed by atoms with E-state index in [1.807, 2.05) is 29.2 Å². The minimum absolute atomic E-state index is 0.127. The highest BCUT2D eigenvalue weighted by atomic mass is 16.5. The quantitative estimate of drug-likeness (QED) is 0.628. The molecule has 1 N–H and O–H groups in total.